The van der Waals surface area contributed by atoms with Crippen LogP contribution >= 0.6 is 0 Å². The van der Waals surface area contributed by atoms with E-state index in [0.29, 0.717) is 12.3 Å². The molecule has 1 N–H and O–H groups in total. The number of aliphatic hydroxyl groups excluding tert-OH is 1. The number of aromatic nitrogens is 2. The van der Waals surface area contributed by atoms with E-state index in [0.717, 1.165) is 45.0 Å². The summed E-state index contributed by atoms with van der Waals surface area (Å²) in [5, 5.41) is 14.3. The van der Waals surface area contributed by atoms with Crippen LogP contribution in [0.5, 0.6) is 0 Å². The zero-order chi connectivity index (χ0) is 17.6. The van der Waals surface area contributed by atoms with Crippen LogP contribution in [0.15, 0.2) is 34.9 Å². The highest BCUT2D eigenvalue weighted by Gasteiger charge is 2.26. The van der Waals surface area contributed by atoms with E-state index < -0.39 is 0 Å². The zero-order valence-corrected chi connectivity index (χ0v) is 15.1. The molecule has 0 spiro atoms. The van der Waals surface area contributed by atoms with Crippen LogP contribution in [-0.4, -0.2) is 63.9 Å². The molecular weight excluding hydrogens is 316 g/mol. The van der Waals surface area contributed by atoms with Crippen molar-refractivity contribution < 1.29 is 9.63 Å². The summed E-state index contributed by atoms with van der Waals surface area (Å²) >= 11 is 0. The first-order valence-electron chi connectivity index (χ1n) is 9.16. The van der Waals surface area contributed by atoms with Crippen molar-refractivity contribution >= 4 is 0 Å². The average Bonchev–Trinajstić information content (AvgIpc) is 3.12. The van der Waals surface area contributed by atoms with Crippen molar-refractivity contribution in [2.75, 3.05) is 32.7 Å². The fourth-order valence-electron chi connectivity index (χ4n) is 3.32. The molecule has 0 bridgehead atoms. The first-order chi connectivity index (χ1) is 12.2. The van der Waals surface area contributed by atoms with Gasteiger partial charge in [0.2, 0.25) is 5.89 Å². The van der Waals surface area contributed by atoms with Crippen LogP contribution in [0.1, 0.15) is 37.2 Å². The van der Waals surface area contributed by atoms with Crippen LogP contribution in [0.3, 0.4) is 0 Å². The summed E-state index contributed by atoms with van der Waals surface area (Å²) in [5.41, 5.74) is 1.19. The fraction of sp³-hybridized carbons (Fsp3) is 0.579. The molecule has 1 aromatic heterocycles. The second-order valence-corrected chi connectivity index (χ2v) is 6.76. The van der Waals surface area contributed by atoms with Gasteiger partial charge in [0.05, 0.1) is 12.1 Å². The molecule has 25 heavy (non-hydrogen) atoms. The van der Waals surface area contributed by atoms with Gasteiger partial charge in [-0.1, -0.05) is 42.4 Å². The lowest BCUT2D eigenvalue weighted by molar-refractivity contribution is 0.0529. The molecule has 0 radical (unpaired) electrons. The highest BCUT2D eigenvalue weighted by atomic mass is 16.5. The summed E-state index contributed by atoms with van der Waals surface area (Å²) in [4.78, 5) is 9.15. The lowest BCUT2D eigenvalue weighted by Crippen LogP contribution is -2.49. The van der Waals surface area contributed by atoms with Crippen LogP contribution in [0, 0.1) is 0 Å². The van der Waals surface area contributed by atoms with Crippen molar-refractivity contribution in [3.63, 3.8) is 0 Å². The Morgan fingerprint density at radius 1 is 1.16 bits per heavy atom. The third-order valence-electron chi connectivity index (χ3n) is 4.90. The number of benzene rings is 1. The molecule has 0 amide bonds. The summed E-state index contributed by atoms with van der Waals surface area (Å²) in [6, 6.07) is 10.3. The summed E-state index contributed by atoms with van der Waals surface area (Å²) in [6.45, 7) is 8.66. The zero-order valence-electron chi connectivity index (χ0n) is 15.1. The van der Waals surface area contributed by atoms with E-state index in [2.05, 4.69) is 39.0 Å². The van der Waals surface area contributed by atoms with Gasteiger partial charge in [0.1, 0.15) is 0 Å². The molecule has 1 aromatic carbocycles. The number of aryl methyl sites for hydroxylation is 1. The first kappa shape index (κ1) is 18.0. The van der Waals surface area contributed by atoms with Gasteiger partial charge in [-0.05, 0) is 18.9 Å². The average molecular weight is 344 g/mol. The van der Waals surface area contributed by atoms with Gasteiger partial charge in [0.25, 0.3) is 0 Å². The van der Waals surface area contributed by atoms with Crippen LogP contribution in [-0.2, 0) is 12.8 Å². The minimum atomic E-state index is -0.325. The van der Waals surface area contributed by atoms with Crippen LogP contribution in [0.4, 0.5) is 0 Å². The number of β-amino-alcohol motifs (C(OH)–C–C–N with tert-alkyl or cyclic N) is 1. The highest BCUT2D eigenvalue weighted by Crippen LogP contribution is 2.20. The molecule has 1 aliphatic rings. The minimum absolute atomic E-state index is 0.143. The lowest BCUT2D eigenvalue weighted by Gasteiger charge is -2.37. The quantitative estimate of drug-likeness (QED) is 0.828. The van der Waals surface area contributed by atoms with Gasteiger partial charge < -0.3 is 9.63 Å². The number of hydrogen-bond acceptors (Lipinski definition) is 6. The lowest BCUT2D eigenvalue weighted by atomic mass is 10.1. The van der Waals surface area contributed by atoms with E-state index in [1.165, 1.54) is 5.56 Å². The molecule has 0 saturated carbocycles. The molecule has 6 nitrogen and oxygen atoms in total. The van der Waals surface area contributed by atoms with Crippen molar-refractivity contribution in [1.29, 1.82) is 0 Å². The maximum atomic E-state index is 10.3. The van der Waals surface area contributed by atoms with Gasteiger partial charge >= 0.3 is 0 Å². The molecule has 2 atom stereocenters. The van der Waals surface area contributed by atoms with Gasteiger partial charge in [0.15, 0.2) is 5.82 Å². The second kappa shape index (κ2) is 8.56. The second-order valence-electron chi connectivity index (χ2n) is 6.76. The Hall–Kier alpha value is -1.76. The molecular formula is C19H28N4O2. The first-order valence-corrected chi connectivity index (χ1v) is 9.16. The van der Waals surface area contributed by atoms with Crippen molar-refractivity contribution in [3.05, 3.63) is 47.6 Å². The Bertz CT molecular complexity index is 638. The Balaban J connectivity index is 1.45. The van der Waals surface area contributed by atoms with Crippen molar-refractivity contribution in [2.45, 2.75) is 38.8 Å². The van der Waals surface area contributed by atoms with Crippen LogP contribution in [0.2, 0.25) is 0 Å². The number of nitrogens with zero attached hydrogens (tertiary/aromatic N) is 4. The fourth-order valence-corrected chi connectivity index (χ4v) is 3.32. The normalized spacial score (nSPS) is 19.0. The molecule has 1 fully saturated rings. The summed E-state index contributed by atoms with van der Waals surface area (Å²) in [6.07, 6.45) is 1.18. The van der Waals surface area contributed by atoms with Crippen molar-refractivity contribution in [2.24, 2.45) is 0 Å². The van der Waals surface area contributed by atoms with Gasteiger partial charge in [-0.25, -0.2) is 0 Å². The Labute approximate surface area is 149 Å². The Kier molecular flexibility index (Phi) is 6.18. The summed E-state index contributed by atoms with van der Waals surface area (Å²) < 4.78 is 5.37. The molecule has 1 aliphatic heterocycles. The molecule has 2 heterocycles. The maximum absolute atomic E-state index is 10.3. The monoisotopic (exact) mass is 344 g/mol. The summed E-state index contributed by atoms with van der Waals surface area (Å²) in [7, 11) is 0. The molecule has 3 rings (SSSR count). The highest BCUT2D eigenvalue weighted by molar-refractivity contribution is 5.15. The molecule has 1 saturated heterocycles. The Morgan fingerprint density at radius 2 is 1.88 bits per heavy atom. The number of aliphatic hydroxyl groups is 1. The third-order valence-corrected chi connectivity index (χ3v) is 4.90. The Morgan fingerprint density at radius 3 is 2.52 bits per heavy atom. The van der Waals surface area contributed by atoms with Gasteiger partial charge in [-0.3, -0.25) is 9.80 Å². The standard InChI is InChI=1S/C19H28N4O2/c1-3-18-20-19(25-21-18)15(2)23-11-9-22(10-12-23)14-17(24)13-16-7-5-4-6-8-16/h4-8,15,17,24H,3,9-14H2,1-2H3/t15-,17+/m0/s1. The van der Waals surface area contributed by atoms with Crippen LogP contribution < -0.4 is 0 Å². The number of piperazine rings is 1. The van der Waals surface area contributed by atoms with E-state index in [1.807, 2.05) is 25.1 Å². The van der Waals surface area contributed by atoms with E-state index in [4.69, 9.17) is 4.52 Å². The topological polar surface area (TPSA) is 65.6 Å². The SMILES string of the molecule is CCc1noc([C@H](C)N2CCN(C[C@H](O)Cc3ccccc3)CC2)n1. The molecule has 6 heteroatoms. The number of hydrogen-bond donors (Lipinski definition) is 1. The van der Waals surface area contributed by atoms with Crippen molar-refractivity contribution in [1.82, 2.24) is 19.9 Å². The van der Waals surface area contributed by atoms with Crippen LogP contribution in [0.25, 0.3) is 0 Å². The predicted molar refractivity (Wildman–Crippen MR) is 96.3 cm³/mol. The molecule has 136 valence electrons. The largest absolute Gasteiger partial charge is 0.391 e. The van der Waals surface area contributed by atoms with E-state index in [-0.39, 0.29) is 12.1 Å². The number of rotatable bonds is 7. The minimum Gasteiger partial charge on any atom is -0.391 e. The van der Waals surface area contributed by atoms with E-state index in [9.17, 15) is 5.11 Å². The summed E-state index contributed by atoms with van der Waals surface area (Å²) in [5.74, 6) is 1.47. The van der Waals surface area contributed by atoms with Gasteiger partial charge in [0, 0.05) is 39.1 Å². The predicted octanol–water partition coefficient (Wildman–Crippen LogP) is 1.91. The molecule has 0 aliphatic carbocycles. The van der Waals surface area contributed by atoms with E-state index >= 15 is 0 Å². The molecule has 0 unspecified atom stereocenters. The maximum Gasteiger partial charge on any atom is 0.243 e. The third kappa shape index (κ3) is 4.87. The van der Waals surface area contributed by atoms with Gasteiger partial charge in [-0.15, -0.1) is 0 Å². The van der Waals surface area contributed by atoms with Gasteiger partial charge in [-0.2, -0.15) is 4.98 Å². The smallest absolute Gasteiger partial charge is 0.243 e. The van der Waals surface area contributed by atoms with E-state index in [1.54, 1.807) is 0 Å². The van der Waals surface area contributed by atoms with Crippen molar-refractivity contribution in [3.8, 4) is 0 Å². The molecule has 2 aromatic rings.